The Morgan fingerprint density at radius 2 is 2.00 bits per heavy atom. The van der Waals surface area contributed by atoms with Crippen LogP contribution in [0.3, 0.4) is 0 Å². The maximum atomic E-state index is 12.0. The molecular weight excluding hydrogens is 270 g/mol. The van der Waals surface area contributed by atoms with E-state index in [1.54, 1.807) is 12.3 Å². The van der Waals surface area contributed by atoms with Crippen LogP contribution in [0.1, 0.15) is 17.4 Å². The van der Waals surface area contributed by atoms with Gasteiger partial charge in [-0.2, -0.15) is 0 Å². The minimum absolute atomic E-state index is 0.167. The molecule has 0 bridgehead atoms. The molecule has 6 heteroatoms. The minimum atomic E-state index is -1.34. The smallest absolute Gasteiger partial charge is 0.270 e. The predicted molar refractivity (Wildman–Crippen MR) is 75.5 cm³/mol. The molecular formula is C15H12N3O3-. The normalized spacial score (nSPS) is 12.4. The summed E-state index contributed by atoms with van der Waals surface area (Å²) in [5.74, 6) is -1.88. The third kappa shape index (κ3) is 2.31. The second-order valence-corrected chi connectivity index (χ2v) is 4.80. The summed E-state index contributed by atoms with van der Waals surface area (Å²) in [6.07, 6.45) is 1.56. The maximum absolute atomic E-state index is 12.0. The van der Waals surface area contributed by atoms with E-state index in [9.17, 15) is 14.7 Å². The van der Waals surface area contributed by atoms with Gasteiger partial charge in [-0.25, -0.2) is 4.98 Å². The summed E-state index contributed by atoms with van der Waals surface area (Å²) >= 11 is 0. The molecule has 0 saturated carbocycles. The summed E-state index contributed by atoms with van der Waals surface area (Å²) in [6, 6.07) is 8.28. The number of nitrogens with zero attached hydrogens (tertiary/aromatic N) is 1. The molecule has 0 fully saturated rings. The summed E-state index contributed by atoms with van der Waals surface area (Å²) in [4.78, 5) is 29.9. The van der Waals surface area contributed by atoms with Gasteiger partial charge < -0.3 is 20.2 Å². The van der Waals surface area contributed by atoms with Crippen molar-refractivity contribution < 1.29 is 14.7 Å². The van der Waals surface area contributed by atoms with Gasteiger partial charge >= 0.3 is 0 Å². The Morgan fingerprint density at radius 1 is 1.24 bits per heavy atom. The SMILES string of the molecule is C[C@H](NC(=O)c1cc2c(cn1)[nH]c1ccccc12)C(=O)[O-]. The second kappa shape index (κ2) is 4.90. The number of benzene rings is 1. The fraction of sp³-hybridized carbons (Fsp3) is 0.133. The van der Waals surface area contributed by atoms with Crippen LogP contribution < -0.4 is 10.4 Å². The number of hydrogen-bond donors (Lipinski definition) is 2. The Labute approximate surface area is 119 Å². The highest BCUT2D eigenvalue weighted by Gasteiger charge is 2.13. The molecule has 106 valence electrons. The molecule has 0 aliphatic heterocycles. The van der Waals surface area contributed by atoms with E-state index in [0.717, 1.165) is 21.8 Å². The Bertz CT molecular complexity index is 854. The van der Waals surface area contributed by atoms with Crippen molar-refractivity contribution >= 4 is 33.7 Å². The number of carbonyl (C=O) groups excluding carboxylic acids is 2. The number of carbonyl (C=O) groups is 2. The molecule has 2 aromatic heterocycles. The van der Waals surface area contributed by atoms with Gasteiger partial charge in [-0.05, 0) is 19.1 Å². The average Bonchev–Trinajstić information content (AvgIpc) is 2.84. The number of aromatic amines is 1. The molecule has 3 rings (SSSR count). The van der Waals surface area contributed by atoms with E-state index in [1.165, 1.54) is 6.92 Å². The molecule has 0 aliphatic rings. The van der Waals surface area contributed by atoms with Crippen molar-refractivity contribution in [2.45, 2.75) is 13.0 Å². The quantitative estimate of drug-likeness (QED) is 0.734. The molecule has 0 radical (unpaired) electrons. The summed E-state index contributed by atoms with van der Waals surface area (Å²) in [7, 11) is 0. The zero-order valence-electron chi connectivity index (χ0n) is 11.2. The molecule has 0 spiro atoms. The van der Waals surface area contributed by atoms with E-state index in [2.05, 4.69) is 15.3 Å². The van der Waals surface area contributed by atoms with Crippen molar-refractivity contribution in [1.29, 1.82) is 0 Å². The first-order chi connectivity index (χ1) is 10.1. The van der Waals surface area contributed by atoms with E-state index in [1.807, 2.05) is 24.3 Å². The van der Waals surface area contributed by atoms with Crippen molar-refractivity contribution in [2.75, 3.05) is 0 Å². The first kappa shape index (κ1) is 13.1. The number of amides is 1. The fourth-order valence-corrected chi connectivity index (χ4v) is 2.20. The van der Waals surface area contributed by atoms with Crippen molar-refractivity contribution in [3.63, 3.8) is 0 Å². The molecule has 1 aromatic carbocycles. The zero-order valence-corrected chi connectivity index (χ0v) is 11.2. The van der Waals surface area contributed by atoms with E-state index < -0.39 is 17.9 Å². The van der Waals surface area contributed by atoms with Gasteiger partial charge in [-0.3, -0.25) is 4.79 Å². The third-order valence-corrected chi connectivity index (χ3v) is 3.32. The highest BCUT2D eigenvalue weighted by Crippen LogP contribution is 2.24. The summed E-state index contributed by atoms with van der Waals surface area (Å²) in [5.41, 5.74) is 1.94. The van der Waals surface area contributed by atoms with Gasteiger partial charge in [0.1, 0.15) is 5.69 Å². The van der Waals surface area contributed by atoms with Gasteiger partial charge in [0, 0.05) is 16.3 Å². The van der Waals surface area contributed by atoms with E-state index in [-0.39, 0.29) is 5.69 Å². The van der Waals surface area contributed by atoms with Crippen LogP contribution in [0.4, 0.5) is 0 Å². The number of para-hydroxylation sites is 1. The molecule has 6 nitrogen and oxygen atoms in total. The molecule has 1 amide bonds. The lowest BCUT2D eigenvalue weighted by Crippen LogP contribution is -2.46. The van der Waals surface area contributed by atoms with E-state index in [4.69, 9.17) is 0 Å². The topological polar surface area (TPSA) is 97.9 Å². The van der Waals surface area contributed by atoms with E-state index >= 15 is 0 Å². The van der Waals surface area contributed by atoms with Crippen molar-refractivity contribution in [3.8, 4) is 0 Å². The molecule has 0 aliphatic carbocycles. The van der Waals surface area contributed by atoms with Crippen molar-refractivity contribution in [1.82, 2.24) is 15.3 Å². The monoisotopic (exact) mass is 282 g/mol. The third-order valence-electron chi connectivity index (χ3n) is 3.32. The molecule has 0 saturated heterocycles. The number of hydrogen-bond acceptors (Lipinski definition) is 4. The molecule has 1 atom stereocenters. The van der Waals surface area contributed by atoms with Gasteiger partial charge in [-0.15, -0.1) is 0 Å². The van der Waals surface area contributed by atoms with Crippen LogP contribution >= 0.6 is 0 Å². The Morgan fingerprint density at radius 3 is 2.76 bits per heavy atom. The number of fused-ring (bicyclic) bond motifs is 3. The maximum Gasteiger partial charge on any atom is 0.270 e. The predicted octanol–water partition coefficient (Wildman–Crippen LogP) is 0.584. The van der Waals surface area contributed by atoms with Crippen LogP contribution in [0, 0.1) is 0 Å². The number of aromatic nitrogens is 2. The van der Waals surface area contributed by atoms with Gasteiger partial charge in [0.05, 0.1) is 23.7 Å². The number of carboxylic acids is 1. The molecule has 2 N–H and O–H groups in total. The van der Waals surface area contributed by atoms with Crippen LogP contribution in [0.5, 0.6) is 0 Å². The standard InChI is InChI=1S/C15H13N3O3/c1-8(15(20)21)17-14(19)12-6-10-9-4-2-3-5-11(9)18-13(10)7-16-12/h2-8,18H,1H3,(H,17,19)(H,20,21)/p-1/t8-/m0/s1. The largest absolute Gasteiger partial charge is 0.548 e. The van der Waals surface area contributed by atoms with E-state index in [0.29, 0.717) is 0 Å². The Hall–Kier alpha value is -2.89. The zero-order chi connectivity index (χ0) is 15.0. The highest BCUT2D eigenvalue weighted by atomic mass is 16.4. The lowest BCUT2D eigenvalue weighted by atomic mass is 10.1. The fourth-order valence-electron chi connectivity index (χ4n) is 2.20. The van der Waals surface area contributed by atoms with Crippen LogP contribution in [0.25, 0.3) is 21.8 Å². The highest BCUT2D eigenvalue weighted by molar-refractivity contribution is 6.09. The molecule has 0 unspecified atom stereocenters. The van der Waals surface area contributed by atoms with Crippen LogP contribution in [0.2, 0.25) is 0 Å². The minimum Gasteiger partial charge on any atom is -0.548 e. The number of pyridine rings is 1. The van der Waals surface area contributed by atoms with Gasteiger partial charge in [0.25, 0.3) is 5.91 Å². The number of nitrogens with one attached hydrogen (secondary N) is 2. The van der Waals surface area contributed by atoms with Crippen molar-refractivity contribution in [2.24, 2.45) is 0 Å². The lowest BCUT2D eigenvalue weighted by Gasteiger charge is -2.13. The summed E-state index contributed by atoms with van der Waals surface area (Å²) < 4.78 is 0. The average molecular weight is 282 g/mol. The Kier molecular flexibility index (Phi) is 3.06. The molecule has 2 heterocycles. The number of carboxylic acid groups (broad SMARTS) is 1. The number of H-pyrrole nitrogens is 1. The van der Waals surface area contributed by atoms with Gasteiger partial charge in [-0.1, -0.05) is 18.2 Å². The van der Waals surface area contributed by atoms with Crippen LogP contribution in [0.15, 0.2) is 36.5 Å². The first-order valence-electron chi connectivity index (χ1n) is 6.44. The first-order valence-corrected chi connectivity index (χ1v) is 6.44. The van der Waals surface area contributed by atoms with Crippen LogP contribution in [-0.4, -0.2) is 27.9 Å². The van der Waals surface area contributed by atoms with Gasteiger partial charge in [0.2, 0.25) is 0 Å². The number of aliphatic carboxylic acids is 1. The molecule has 3 aromatic rings. The summed E-state index contributed by atoms with van der Waals surface area (Å²) in [6.45, 7) is 1.34. The summed E-state index contributed by atoms with van der Waals surface area (Å²) in [5, 5.41) is 14.8. The Balaban J connectivity index is 2.02. The second-order valence-electron chi connectivity index (χ2n) is 4.80. The lowest BCUT2D eigenvalue weighted by molar-refractivity contribution is -0.307. The van der Waals surface area contributed by atoms with Crippen molar-refractivity contribution in [3.05, 3.63) is 42.2 Å². The number of rotatable bonds is 3. The van der Waals surface area contributed by atoms with Crippen LogP contribution in [-0.2, 0) is 4.79 Å². The molecule has 21 heavy (non-hydrogen) atoms. The van der Waals surface area contributed by atoms with Gasteiger partial charge in [0.15, 0.2) is 0 Å².